The molecule has 2 aliphatic rings. The normalized spacial score (nSPS) is 32.6. The van der Waals surface area contributed by atoms with E-state index in [1.807, 2.05) is 11.8 Å². The molecule has 0 aromatic rings. The van der Waals surface area contributed by atoms with Gasteiger partial charge in [0.1, 0.15) is 0 Å². The third-order valence-corrected chi connectivity index (χ3v) is 4.03. The molecule has 1 aliphatic carbocycles. The van der Waals surface area contributed by atoms with E-state index in [0.29, 0.717) is 36.8 Å². The molecule has 2 rings (SSSR count). The van der Waals surface area contributed by atoms with Gasteiger partial charge in [0.15, 0.2) is 0 Å². The van der Waals surface area contributed by atoms with E-state index in [4.69, 9.17) is 10.5 Å². The van der Waals surface area contributed by atoms with E-state index in [9.17, 15) is 4.79 Å². The molecule has 1 saturated heterocycles. The lowest BCUT2D eigenvalue weighted by Gasteiger charge is -2.35. The van der Waals surface area contributed by atoms with Gasteiger partial charge in [-0.2, -0.15) is 0 Å². The van der Waals surface area contributed by atoms with Crippen LogP contribution in [0.15, 0.2) is 0 Å². The predicted octanol–water partition coefficient (Wildman–Crippen LogP) is 0.999. The van der Waals surface area contributed by atoms with Crippen molar-refractivity contribution in [2.75, 3.05) is 26.2 Å². The highest BCUT2D eigenvalue weighted by molar-refractivity contribution is 5.76. The summed E-state index contributed by atoms with van der Waals surface area (Å²) in [5.41, 5.74) is 5.63. The average molecular weight is 240 g/mol. The molecule has 0 spiro atoms. The van der Waals surface area contributed by atoms with E-state index < -0.39 is 0 Å². The van der Waals surface area contributed by atoms with E-state index in [1.165, 1.54) is 0 Å². The summed E-state index contributed by atoms with van der Waals surface area (Å²) in [6.45, 7) is 5.30. The maximum absolute atomic E-state index is 12.0. The first-order valence-electron chi connectivity index (χ1n) is 6.82. The van der Waals surface area contributed by atoms with Crippen molar-refractivity contribution < 1.29 is 9.53 Å². The number of nitrogens with zero attached hydrogens (tertiary/aromatic N) is 1. The molecule has 1 amide bonds. The number of hydrogen-bond donors (Lipinski definition) is 1. The summed E-state index contributed by atoms with van der Waals surface area (Å²) in [7, 11) is 0. The Morgan fingerprint density at radius 3 is 2.76 bits per heavy atom. The zero-order valence-corrected chi connectivity index (χ0v) is 10.7. The van der Waals surface area contributed by atoms with Crippen LogP contribution in [-0.2, 0) is 9.53 Å². The van der Waals surface area contributed by atoms with Gasteiger partial charge in [-0.25, -0.2) is 0 Å². The van der Waals surface area contributed by atoms with Gasteiger partial charge in [-0.05, 0) is 44.6 Å². The van der Waals surface area contributed by atoms with Gasteiger partial charge in [-0.3, -0.25) is 4.79 Å². The van der Waals surface area contributed by atoms with Crippen LogP contribution in [-0.4, -0.2) is 43.2 Å². The van der Waals surface area contributed by atoms with Gasteiger partial charge in [0.25, 0.3) is 0 Å². The zero-order valence-electron chi connectivity index (χ0n) is 10.7. The predicted molar refractivity (Wildman–Crippen MR) is 66.5 cm³/mol. The van der Waals surface area contributed by atoms with Crippen molar-refractivity contribution in [1.82, 2.24) is 4.90 Å². The second-order valence-corrected chi connectivity index (χ2v) is 5.35. The van der Waals surface area contributed by atoms with E-state index in [1.54, 1.807) is 0 Å². The quantitative estimate of drug-likeness (QED) is 0.780. The first kappa shape index (κ1) is 12.8. The van der Waals surface area contributed by atoms with Crippen LogP contribution >= 0.6 is 0 Å². The van der Waals surface area contributed by atoms with Crippen molar-refractivity contribution in [3.63, 3.8) is 0 Å². The Morgan fingerprint density at radius 1 is 1.41 bits per heavy atom. The molecule has 98 valence electrons. The van der Waals surface area contributed by atoms with Crippen LogP contribution in [0.1, 0.15) is 32.6 Å². The monoisotopic (exact) mass is 240 g/mol. The molecule has 0 aromatic carbocycles. The van der Waals surface area contributed by atoms with E-state index in [0.717, 1.165) is 39.0 Å². The fourth-order valence-electron chi connectivity index (χ4n) is 2.84. The minimum Gasteiger partial charge on any atom is -0.378 e. The van der Waals surface area contributed by atoms with Crippen LogP contribution in [0, 0.1) is 11.8 Å². The first-order chi connectivity index (χ1) is 8.22. The third-order valence-electron chi connectivity index (χ3n) is 4.03. The Balaban J connectivity index is 1.65. The molecular formula is C13H24N2O2. The number of hydrogen-bond acceptors (Lipinski definition) is 3. The minimum absolute atomic E-state index is 0.320. The maximum Gasteiger partial charge on any atom is 0.222 e. The zero-order chi connectivity index (χ0) is 12.3. The Morgan fingerprint density at radius 2 is 2.18 bits per heavy atom. The standard InChI is InChI=1S/C13H24N2O2/c1-2-17-12-5-11(6-12)7-13(16)15-4-3-10(8-14)9-15/h10-12H,2-9,14H2,1H3. The summed E-state index contributed by atoms with van der Waals surface area (Å²) in [5, 5.41) is 0. The van der Waals surface area contributed by atoms with Gasteiger partial charge in [-0.1, -0.05) is 0 Å². The lowest BCUT2D eigenvalue weighted by atomic mass is 9.80. The van der Waals surface area contributed by atoms with E-state index in [-0.39, 0.29) is 0 Å². The lowest BCUT2D eigenvalue weighted by molar-refractivity contribution is -0.133. The molecule has 4 nitrogen and oxygen atoms in total. The molecule has 1 saturated carbocycles. The number of ether oxygens (including phenoxy) is 1. The summed E-state index contributed by atoms with van der Waals surface area (Å²) < 4.78 is 5.51. The largest absolute Gasteiger partial charge is 0.378 e. The van der Waals surface area contributed by atoms with Gasteiger partial charge >= 0.3 is 0 Å². The van der Waals surface area contributed by atoms with Gasteiger partial charge in [0, 0.05) is 26.1 Å². The van der Waals surface area contributed by atoms with Crippen molar-refractivity contribution in [2.45, 2.75) is 38.7 Å². The van der Waals surface area contributed by atoms with Crippen molar-refractivity contribution in [3.8, 4) is 0 Å². The highest BCUT2D eigenvalue weighted by Crippen LogP contribution is 2.33. The summed E-state index contributed by atoms with van der Waals surface area (Å²) in [5.74, 6) is 1.40. The van der Waals surface area contributed by atoms with Crippen molar-refractivity contribution in [2.24, 2.45) is 17.6 Å². The summed E-state index contributed by atoms with van der Waals surface area (Å²) >= 11 is 0. The summed E-state index contributed by atoms with van der Waals surface area (Å²) in [6, 6.07) is 0. The molecule has 4 heteroatoms. The van der Waals surface area contributed by atoms with E-state index >= 15 is 0 Å². The molecule has 2 fully saturated rings. The smallest absolute Gasteiger partial charge is 0.222 e. The maximum atomic E-state index is 12.0. The van der Waals surface area contributed by atoms with Crippen LogP contribution in [0.2, 0.25) is 0 Å². The number of rotatable bonds is 5. The number of nitrogens with two attached hydrogens (primary N) is 1. The van der Waals surface area contributed by atoms with Crippen molar-refractivity contribution in [3.05, 3.63) is 0 Å². The Labute approximate surface area is 103 Å². The summed E-state index contributed by atoms with van der Waals surface area (Å²) in [6.07, 6.45) is 4.32. The Kier molecular flexibility index (Phi) is 4.40. The van der Waals surface area contributed by atoms with Gasteiger partial charge in [-0.15, -0.1) is 0 Å². The minimum atomic E-state index is 0.320. The number of carbonyl (C=O) groups is 1. The lowest BCUT2D eigenvalue weighted by Crippen LogP contribution is -2.37. The highest BCUT2D eigenvalue weighted by Gasteiger charge is 2.33. The Hall–Kier alpha value is -0.610. The van der Waals surface area contributed by atoms with Crippen molar-refractivity contribution in [1.29, 1.82) is 0 Å². The van der Waals surface area contributed by atoms with Crippen LogP contribution in [0.25, 0.3) is 0 Å². The fraction of sp³-hybridized carbons (Fsp3) is 0.923. The number of likely N-dealkylation sites (tertiary alicyclic amines) is 1. The molecule has 17 heavy (non-hydrogen) atoms. The molecule has 1 heterocycles. The number of carbonyl (C=O) groups excluding carboxylic acids is 1. The number of amides is 1. The van der Waals surface area contributed by atoms with Crippen molar-refractivity contribution >= 4 is 5.91 Å². The van der Waals surface area contributed by atoms with Gasteiger partial charge in [0.05, 0.1) is 6.10 Å². The fourth-order valence-corrected chi connectivity index (χ4v) is 2.84. The summed E-state index contributed by atoms with van der Waals surface area (Å²) in [4.78, 5) is 14.0. The third kappa shape index (κ3) is 3.19. The van der Waals surface area contributed by atoms with Crippen LogP contribution in [0.3, 0.4) is 0 Å². The second kappa shape index (κ2) is 5.83. The molecule has 0 radical (unpaired) electrons. The van der Waals surface area contributed by atoms with Gasteiger partial charge < -0.3 is 15.4 Å². The van der Waals surface area contributed by atoms with Crippen LogP contribution in [0.4, 0.5) is 0 Å². The van der Waals surface area contributed by atoms with Crippen LogP contribution in [0.5, 0.6) is 0 Å². The van der Waals surface area contributed by atoms with Crippen LogP contribution < -0.4 is 5.73 Å². The molecule has 1 atom stereocenters. The molecule has 1 aliphatic heterocycles. The molecule has 1 unspecified atom stereocenters. The molecule has 0 bridgehead atoms. The molecule has 2 N–H and O–H groups in total. The topological polar surface area (TPSA) is 55.6 Å². The SMILES string of the molecule is CCOC1CC(CC(=O)N2CCC(CN)C2)C1. The average Bonchev–Trinajstić information content (AvgIpc) is 2.74. The van der Waals surface area contributed by atoms with E-state index in [2.05, 4.69) is 0 Å². The first-order valence-corrected chi connectivity index (χ1v) is 6.82. The van der Waals surface area contributed by atoms with Gasteiger partial charge in [0.2, 0.25) is 5.91 Å². The second-order valence-electron chi connectivity index (χ2n) is 5.35. The molecular weight excluding hydrogens is 216 g/mol. The highest BCUT2D eigenvalue weighted by atomic mass is 16.5. The molecule has 0 aromatic heterocycles. The Bertz CT molecular complexity index is 264.